The van der Waals surface area contributed by atoms with E-state index in [1.165, 1.54) is 27.8 Å². The Kier molecular flexibility index (Phi) is 6.18. The van der Waals surface area contributed by atoms with Crippen LogP contribution in [0.1, 0.15) is 40.3 Å². The van der Waals surface area contributed by atoms with Crippen LogP contribution in [0.5, 0.6) is 11.5 Å². The maximum atomic E-state index is 11.3. The van der Waals surface area contributed by atoms with Gasteiger partial charge in [0.1, 0.15) is 6.04 Å². The Morgan fingerprint density at radius 1 is 1.10 bits per heavy atom. The van der Waals surface area contributed by atoms with Crippen LogP contribution in [-0.4, -0.2) is 49.9 Å². The normalized spacial score (nSPS) is 20.8. The number of hydrogen-bond donors (Lipinski definition) is 1. The van der Waals surface area contributed by atoms with E-state index in [-0.39, 0.29) is 12.5 Å². The maximum absolute atomic E-state index is 11.3. The van der Waals surface area contributed by atoms with Crippen molar-refractivity contribution in [2.45, 2.75) is 39.2 Å². The molecule has 0 aliphatic carbocycles. The molecule has 1 unspecified atom stereocenters. The Morgan fingerprint density at radius 3 is 2.41 bits per heavy atom. The second-order valence-electron chi connectivity index (χ2n) is 8.36. The van der Waals surface area contributed by atoms with E-state index < -0.39 is 5.97 Å². The van der Waals surface area contributed by atoms with Gasteiger partial charge < -0.3 is 19.1 Å². The second-order valence-corrected chi connectivity index (χ2v) is 8.36. The number of fused-ring (bicyclic) bond motifs is 1. The number of aliphatic carboxylic acids is 1. The highest BCUT2D eigenvalue weighted by Crippen LogP contribution is 2.42. The molecule has 0 fully saturated rings. The van der Waals surface area contributed by atoms with Crippen molar-refractivity contribution in [2.24, 2.45) is 0 Å². The first-order valence-corrected chi connectivity index (χ1v) is 10.1. The van der Waals surface area contributed by atoms with Crippen molar-refractivity contribution >= 4 is 5.97 Å². The van der Waals surface area contributed by atoms with E-state index in [0.717, 1.165) is 30.9 Å². The minimum absolute atomic E-state index is 0.167. The zero-order chi connectivity index (χ0) is 21.2. The summed E-state index contributed by atoms with van der Waals surface area (Å²) in [4.78, 5) is 11.3. The van der Waals surface area contributed by atoms with E-state index in [0.29, 0.717) is 11.0 Å². The Hall–Kier alpha value is -2.53. The predicted octanol–water partition coefficient (Wildman–Crippen LogP) is 4.08. The van der Waals surface area contributed by atoms with Crippen molar-refractivity contribution in [3.63, 3.8) is 0 Å². The Balaban J connectivity index is 2.06. The fourth-order valence-electron chi connectivity index (χ4n) is 4.43. The summed E-state index contributed by atoms with van der Waals surface area (Å²) in [6.45, 7) is 5.78. The molecule has 0 saturated heterocycles. The lowest BCUT2D eigenvalue weighted by Crippen LogP contribution is -2.53. The van der Waals surface area contributed by atoms with Gasteiger partial charge in [0.2, 0.25) is 0 Å². The van der Waals surface area contributed by atoms with Crippen LogP contribution in [0.25, 0.3) is 0 Å². The zero-order valence-electron chi connectivity index (χ0n) is 18.1. The molecule has 2 aromatic carbocycles. The van der Waals surface area contributed by atoms with E-state index in [4.69, 9.17) is 9.47 Å². The van der Waals surface area contributed by atoms with Crippen LogP contribution in [0.2, 0.25) is 0 Å². The summed E-state index contributed by atoms with van der Waals surface area (Å²) in [6, 6.07) is 11.0. The van der Waals surface area contributed by atoms with Crippen LogP contribution in [-0.2, 0) is 17.6 Å². The highest BCUT2D eigenvalue weighted by molar-refractivity contribution is 5.66. The number of rotatable bonds is 7. The van der Waals surface area contributed by atoms with Gasteiger partial charge in [-0.05, 0) is 48.2 Å². The van der Waals surface area contributed by atoms with Gasteiger partial charge in [-0.25, -0.2) is 0 Å². The number of benzene rings is 2. The van der Waals surface area contributed by atoms with Gasteiger partial charge in [0.15, 0.2) is 11.5 Å². The number of carboxylic acids is 1. The highest BCUT2D eigenvalue weighted by atomic mass is 16.5. The number of hydrogen-bond acceptors (Lipinski definition) is 3. The Bertz CT molecular complexity index is 908. The molecule has 1 aliphatic rings. The molecule has 1 N–H and O–H groups in total. The monoisotopic (exact) mass is 398 g/mol. The van der Waals surface area contributed by atoms with Crippen molar-refractivity contribution in [3.8, 4) is 11.5 Å². The minimum atomic E-state index is -0.743. The molecule has 0 amide bonds. The maximum Gasteiger partial charge on any atom is 0.309 e. The quantitative estimate of drug-likeness (QED) is 0.714. The highest BCUT2D eigenvalue weighted by Gasteiger charge is 2.40. The van der Waals surface area contributed by atoms with Crippen LogP contribution in [0.4, 0.5) is 0 Å². The summed E-state index contributed by atoms with van der Waals surface area (Å²) >= 11 is 0. The minimum Gasteiger partial charge on any atom is -0.493 e. The van der Waals surface area contributed by atoms with E-state index in [9.17, 15) is 9.90 Å². The molecule has 0 spiro atoms. The molecular weight excluding hydrogens is 366 g/mol. The first kappa shape index (κ1) is 21.2. The lowest BCUT2D eigenvalue weighted by atomic mass is 9.85. The van der Waals surface area contributed by atoms with Gasteiger partial charge in [0.25, 0.3) is 0 Å². The smallest absolute Gasteiger partial charge is 0.309 e. The third-order valence-corrected chi connectivity index (χ3v) is 6.49. The van der Waals surface area contributed by atoms with Gasteiger partial charge in [0.05, 0.1) is 40.8 Å². The van der Waals surface area contributed by atoms with E-state index in [1.807, 2.05) is 0 Å². The Labute approximate surface area is 173 Å². The SMILES string of the molecule is COc1cc2c(cc1OC)C(Cc1ccc(C)c(C)c1)[N@@+](C)(CCC(=O)O)CC2. The number of ether oxygens (including phenoxy) is 2. The largest absolute Gasteiger partial charge is 0.493 e. The van der Waals surface area contributed by atoms with Crippen molar-refractivity contribution in [2.75, 3.05) is 34.4 Å². The fourth-order valence-corrected chi connectivity index (χ4v) is 4.43. The second kappa shape index (κ2) is 8.46. The lowest BCUT2D eigenvalue weighted by molar-refractivity contribution is -0.940. The van der Waals surface area contributed by atoms with Crippen LogP contribution < -0.4 is 9.47 Å². The van der Waals surface area contributed by atoms with Crippen LogP contribution in [0.3, 0.4) is 0 Å². The molecule has 1 heterocycles. The number of carboxylic acid groups (broad SMARTS) is 1. The summed E-state index contributed by atoms with van der Waals surface area (Å²) in [5.74, 6) is 0.730. The van der Waals surface area contributed by atoms with Crippen molar-refractivity contribution < 1.29 is 23.9 Å². The van der Waals surface area contributed by atoms with Gasteiger partial charge in [-0.3, -0.25) is 4.79 Å². The third kappa shape index (κ3) is 4.40. The van der Waals surface area contributed by atoms with Crippen LogP contribution >= 0.6 is 0 Å². The molecule has 2 atom stereocenters. The lowest BCUT2D eigenvalue weighted by Gasteiger charge is -2.46. The molecule has 29 heavy (non-hydrogen) atoms. The molecule has 5 heteroatoms. The summed E-state index contributed by atoms with van der Waals surface area (Å²) in [6.07, 6.45) is 1.93. The van der Waals surface area contributed by atoms with Crippen molar-refractivity contribution in [1.29, 1.82) is 0 Å². The first-order valence-electron chi connectivity index (χ1n) is 10.1. The van der Waals surface area contributed by atoms with E-state index in [2.05, 4.69) is 51.2 Å². The Morgan fingerprint density at radius 2 is 1.79 bits per heavy atom. The number of carbonyl (C=O) groups is 1. The average molecular weight is 399 g/mol. The number of aryl methyl sites for hydroxylation is 2. The van der Waals surface area contributed by atoms with Gasteiger partial charge in [-0.15, -0.1) is 0 Å². The van der Waals surface area contributed by atoms with Gasteiger partial charge in [0, 0.05) is 18.4 Å². The summed E-state index contributed by atoms with van der Waals surface area (Å²) in [7, 11) is 5.50. The molecule has 0 bridgehead atoms. The van der Waals surface area contributed by atoms with Crippen molar-refractivity contribution in [1.82, 2.24) is 0 Å². The molecule has 0 saturated carbocycles. The van der Waals surface area contributed by atoms with E-state index in [1.54, 1.807) is 14.2 Å². The molecule has 0 radical (unpaired) electrons. The number of quaternary nitrogens is 1. The average Bonchev–Trinajstić information content (AvgIpc) is 2.70. The molecule has 1 aliphatic heterocycles. The van der Waals surface area contributed by atoms with E-state index >= 15 is 0 Å². The fraction of sp³-hybridized carbons (Fsp3) is 0.458. The molecule has 0 aromatic heterocycles. The molecular formula is C24H32NO4+. The molecule has 5 nitrogen and oxygen atoms in total. The number of nitrogens with zero attached hydrogens (tertiary/aromatic N) is 1. The molecule has 156 valence electrons. The molecule has 3 rings (SSSR count). The summed E-state index contributed by atoms with van der Waals surface area (Å²) in [5, 5.41) is 9.30. The standard InChI is InChI=1S/C24H31NO4/c1-16-6-7-18(12-17(16)2)13-21-20-15-23(29-5)22(28-4)14-19(20)8-10-25(21,3)11-9-24(26)27/h6-7,12,14-15,21H,8-11,13H2,1-5H3/p+1/t21?,25-/m1/s1. The topological polar surface area (TPSA) is 55.8 Å². The van der Waals surface area contributed by atoms with Gasteiger partial charge in [-0.2, -0.15) is 0 Å². The van der Waals surface area contributed by atoms with Crippen molar-refractivity contribution in [3.05, 3.63) is 58.1 Å². The number of methoxy groups -OCH3 is 2. The van der Waals surface area contributed by atoms with Crippen LogP contribution in [0, 0.1) is 13.8 Å². The zero-order valence-corrected chi connectivity index (χ0v) is 18.1. The number of likely N-dealkylation sites (N-methyl/N-ethyl adjacent to an activating group) is 1. The predicted molar refractivity (Wildman–Crippen MR) is 114 cm³/mol. The van der Waals surface area contributed by atoms with Gasteiger partial charge >= 0.3 is 5.97 Å². The summed E-state index contributed by atoms with van der Waals surface area (Å²) < 4.78 is 11.8. The third-order valence-electron chi connectivity index (χ3n) is 6.49. The molecule has 2 aromatic rings. The van der Waals surface area contributed by atoms with Crippen LogP contribution in [0.15, 0.2) is 30.3 Å². The summed E-state index contributed by atoms with van der Waals surface area (Å²) in [5.41, 5.74) is 6.35. The first-order chi connectivity index (χ1) is 13.8. The van der Waals surface area contributed by atoms with Gasteiger partial charge in [-0.1, -0.05) is 18.2 Å².